The summed E-state index contributed by atoms with van der Waals surface area (Å²) in [6.45, 7) is 0.624. The highest BCUT2D eigenvalue weighted by Crippen LogP contribution is 2.36. The maximum atomic E-state index is 12.3. The molecule has 0 aromatic heterocycles. The van der Waals surface area contributed by atoms with E-state index in [0.717, 1.165) is 19.3 Å². The lowest BCUT2D eigenvalue weighted by molar-refractivity contribution is -0.120. The quantitative estimate of drug-likeness (QED) is 0.899. The predicted octanol–water partition coefficient (Wildman–Crippen LogP) is 2.48. The molecule has 3 rings (SSSR count). The molecule has 20 heavy (non-hydrogen) atoms. The van der Waals surface area contributed by atoms with Crippen molar-refractivity contribution in [3.05, 3.63) is 29.8 Å². The van der Waals surface area contributed by atoms with Crippen LogP contribution >= 0.6 is 11.8 Å². The van der Waals surface area contributed by atoms with Crippen LogP contribution in [0.1, 0.15) is 37.7 Å². The van der Waals surface area contributed by atoms with E-state index >= 15 is 0 Å². The first-order valence-corrected chi connectivity index (χ1v) is 8.35. The first kappa shape index (κ1) is 14.0. The number of nitrogens with one attached hydrogen (secondary N) is 1. The van der Waals surface area contributed by atoms with E-state index in [2.05, 4.69) is 17.4 Å². The standard InChI is InChI=1S/C16H22N2OS/c17-16(8-4-1-5-9-16)11-18-15(19)14-10-12-6-2-3-7-13(12)20-14/h2-3,6-7,14H,1,4-5,8-11,17H2,(H,18,19). The van der Waals surface area contributed by atoms with Crippen molar-refractivity contribution in [1.82, 2.24) is 5.32 Å². The van der Waals surface area contributed by atoms with Gasteiger partial charge in [0.05, 0.1) is 5.25 Å². The first-order valence-electron chi connectivity index (χ1n) is 7.47. The molecule has 1 aliphatic carbocycles. The maximum Gasteiger partial charge on any atom is 0.233 e. The number of amides is 1. The van der Waals surface area contributed by atoms with Gasteiger partial charge < -0.3 is 11.1 Å². The van der Waals surface area contributed by atoms with Gasteiger partial charge >= 0.3 is 0 Å². The van der Waals surface area contributed by atoms with Crippen molar-refractivity contribution >= 4 is 17.7 Å². The van der Waals surface area contributed by atoms with Crippen molar-refractivity contribution in [3.8, 4) is 0 Å². The Morgan fingerprint density at radius 2 is 2.05 bits per heavy atom. The van der Waals surface area contributed by atoms with Crippen molar-refractivity contribution in [1.29, 1.82) is 0 Å². The molecule has 1 aromatic rings. The summed E-state index contributed by atoms with van der Waals surface area (Å²) in [7, 11) is 0. The fraction of sp³-hybridized carbons (Fsp3) is 0.562. The Balaban J connectivity index is 1.53. The lowest BCUT2D eigenvalue weighted by Crippen LogP contribution is -2.52. The van der Waals surface area contributed by atoms with E-state index in [1.54, 1.807) is 11.8 Å². The van der Waals surface area contributed by atoms with Gasteiger partial charge in [0.25, 0.3) is 0 Å². The molecule has 3 nitrogen and oxygen atoms in total. The number of thioether (sulfide) groups is 1. The zero-order chi connectivity index (χ0) is 14.0. The van der Waals surface area contributed by atoms with Gasteiger partial charge in [-0.15, -0.1) is 11.8 Å². The monoisotopic (exact) mass is 290 g/mol. The average molecular weight is 290 g/mol. The summed E-state index contributed by atoms with van der Waals surface area (Å²) in [4.78, 5) is 13.6. The molecule has 1 aromatic carbocycles. The summed E-state index contributed by atoms with van der Waals surface area (Å²) in [5, 5.41) is 3.10. The molecular weight excluding hydrogens is 268 g/mol. The molecule has 0 spiro atoms. The summed E-state index contributed by atoms with van der Waals surface area (Å²) in [6.07, 6.45) is 6.56. The van der Waals surface area contributed by atoms with Gasteiger partial charge in [-0.25, -0.2) is 0 Å². The number of rotatable bonds is 3. The molecule has 0 bridgehead atoms. The van der Waals surface area contributed by atoms with Crippen LogP contribution < -0.4 is 11.1 Å². The molecule has 1 amide bonds. The minimum atomic E-state index is -0.177. The Morgan fingerprint density at radius 3 is 2.80 bits per heavy atom. The van der Waals surface area contributed by atoms with Gasteiger partial charge in [-0.2, -0.15) is 0 Å². The molecule has 4 heteroatoms. The molecule has 3 N–H and O–H groups in total. The summed E-state index contributed by atoms with van der Waals surface area (Å²) in [5.74, 6) is 0.140. The summed E-state index contributed by atoms with van der Waals surface area (Å²) in [6, 6.07) is 8.28. The Labute approximate surface area is 124 Å². The highest BCUT2D eigenvalue weighted by molar-refractivity contribution is 8.01. The van der Waals surface area contributed by atoms with Gasteiger partial charge in [0.15, 0.2) is 0 Å². The number of hydrogen-bond acceptors (Lipinski definition) is 3. The van der Waals surface area contributed by atoms with Crippen LogP contribution in [0, 0.1) is 0 Å². The number of carbonyl (C=O) groups excluding carboxylic acids is 1. The zero-order valence-electron chi connectivity index (χ0n) is 11.7. The smallest absolute Gasteiger partial charge is 0.233 e. The molecule has 0 radical (unpaired) electrons. The predicted molar refractivity (Wildman–Crippen MR) is 82.8 cm³/mol. The fourth-order valence-corrected chi connectivity index (χ4v) is 4.36. The molecule has 1 fully saturated rings. The van der Waals surface area contributed by atoms with Gasteiger partial charge in [-0.1, -0.05) is 37.5 Å². The van der Waals surface area contributed by atoms with Crippen LogP contribution in [0.2, 0.25) is 0 Å². The van der Waals surface area contributed by atoms with Crippen LogP contribution in [0.5, 0.6) is 0 Å². The topological polar surface area (TPSA) is 55.1 Å². The molecule has 0 saturated heterocycles. The van der Waals surface area contributed by atoms with E-state index in [1.165, 1.54) is 29.7 Å². The summed E-state index contributed by atoms with van der Waals surface area (Å²) < 4.78 is 0. The van der Waals surface area contributed by atoms with Crippen molar-refractivity contribution in [2.45, 2.75) is 54.2 Å². The van der Waals surface area contributed by atoms with Gasteiger partial charge in [0.1, 0.15) is 0 Å². The van der Waals surface area contributed by atoms with Crippen molar-refractivity contribution in [3.63, 3.8) is 0 Å². The Hall–Kier alpha value is -1.00. The third-order valence-electron chi connectivity index (χ3n) is 4.40. The third kappa shape index (κ3) is 3.01. The van der Waals surface area contributed by atoms with Crippen LogP contribution in [0.3, 0.4) is 0 Å². The number of carbonyl (C=O) groups is 1. The van der Waals surface area contributed by atoms with Crippen LogP contribution in [-0.4, -0.2) is 23.2 Å². The normalized spacial score (nSPS) is 24.1. The number of nitrogens with two attached hydrogens (primary N) is 1. The van der Waals surface area contributed by atoms with E-state index < -0.39 is 0 Å². The largest absolute Gasteiger partial charge is 0.353 e. The number of fused-ring (bicyclic) bond motifs is 1. The summed E-state index contributed by atoms with van der Waals surface area (Å²) >= 11 is 1.68. The zero-order valence-corrected chi connectivity index (χ0v) is 12.5. The maximum absolute atomic E-state index is 12.3. The Morgan fingerprint density at radius 1 is 1.30 bits per heavy atom. The molecule has 108 valence electrons. The molecular formula is C16H22N2OS. The minimum Gasteiger partial charge on any atom is -0.353 e. The SMILES string of the molecule is NC1(CNC(=O)C2Cc3ccccc3S2)CCCCC1. The van der Waals surface area contributed by atoms with Gasteiger partial charge in [0.2, 0.25) is 5.91 Å². The van der Waals surface area contributed by atoms with Crippen molar-refractivity contribution in [2.24, 2.45) is 5.73 Å². The number of benzene rings is 1. The lowest BCUT2D eigenvalue weighted by Gasteiger charge is -2.33. The summed E-state index contributed by atoms with van der Waals surface area (Å²) in [5.41, 5.74) is 7.48. The van der Waals surface area contributed by atoms with E-state index in [-0.39, 0.29) is 16.7 Å². The molecule has 1 heterocycles. The van der Waals surface area contributed by atoms with Crippen LogP contribution in [0.25, 0.3) is 0 Å². The average Bonchev–Trinajstić information content (AvgIpc) is 2.89. The van der Waals surface area contributed by atoms with E-state index in [0.29, 0.717) is 6.54 Å². The minimum absolute atomic E-state index is 0.0135. The highest BCUT2D eigenvalue weighted by atomic mass is 32.2. The molecule has 2 aliphatic rings. The molecule has 1 atom stereocenters. The fourth-order valence-electron chi connectivity index (χ4n) is 3.14. The van der Waals surface area contributed by atoms with E-state index in [9.17, 15) is 4.79 Å². The third-order valence-corrected chi connectivity index (χ3v) is 5.72. The molecule has 1 saturated carbocycles. The van der Waals surface area contributed by atoms with Crippen molar-refractivity contribution in [2.75, 3.05) is 6.54 Å². The van der Waals surface area contributed by atoms with E-state index in [1.807, 2.05) is 12.1 Å². The molecule has 1 aliphatic heterocycles. The van der Waals surface area contributed by atoms with Crippen LogP contribution in [0.15, 0.2) is 29.2 Å². The Bertz CT molecular complexity index is 472. The second kappa shape index (κ2) is 5.78. The first-order chi connectivity index (χ1) is 9.66. The Kier molecular flexibility index (Phi) is 4.03. The lowest BCUT2D eigenvalue weighted by atomic mass is 9.82. The van der Waals surface area contributed by atoms with Gasteiger partial charge in [-0.3, -0.25) is 4.79 Å². The van der Waals surface area contributed by atoms with Crippen molar-refractivity contribution < 1.29 is 4.79 Å². The van der Waals surface area contributed by atoms with Gasteiger partial charge in [0, 0.05) is 17.0 Å². The van der Waals surface area contributed by atoms with E-state index in [4.69, 9.17) is 5.73 Å². The molecule has 1 unspecified atom stereocenters. The highest BCUT2D eigenvalue weighted by Gasteiger charge is 2.31. The van der Waals surface area contributed by atoms with Crippen LogP contribution in [-0.2, 0) is 11.2 Å². The second-order valence-corrected chi connectivity index (χ2v) is 7.30. The number of hydrogen-bond donors (Lipinski definition) is 2. The van der Waals surface area contributed by atoms with Gasteiger partial charge in [-0.05, 0) is 30.9 Å². The second-order valence-electron chi connectivity index (χ2n) is 6.06. The van der Waals surface area contributed by atoms with Crippen LogP contribution in [0.4, 0.5) is 0 Å².